The number of alkyl halides is 1. The van der Waals surface area contributed by atoms with E-state index in [0.29, 0.717) is 0 Å². The van der Waals surface area contributed by atoms with Crippen molar-refractivity contribution in [2.45, 2.75) is 24.5 Å². The molecule has 0 saturated carbocycles. The van der Waals surface area contributed by atoms with Crippen LogP contribution in [0.25, 0.3) is 21.6 Å². The Kier molecular flexibility index (Phi) is 3.68. The van der Waals surface area contributed by atoms with Gasteiger partial charge in [-0.05, 0) is 5.53 Å². The number of hydrogen-bond acceptors (Lipinski definition) is 6. The van der Waals surface area contributed by atoms with Crippen LogP contribution in [0, 0.1) is 0 Å². The van der Waals surface area contributed by atoms with E-state index >= 15 is 0 Å². The van der Waals surface area contributed by atoms with Crippen molar-refractivity contribution < 1.29 is 9.84 Å². The number of aliphatic hydroxyl groups excluding tert-OH is 1. The number of fused-ring (bicyclic) bond motifs is 1. The zero-order valence-corrected chi connectivity index (χ0v) is 13.1. The summed E-state index contributed by atoms with van der Waals surface area (Å²) in [5.74, 6) is 0. The van der Waals surface area contributed by atoms with Crippen molar-refractivity contribution >= 4 is 33.8 Å². The summed E-state index contributed by atoms with van der Waals surface area (Å²) >= 11 is 1.95. The second-order valence-electron chi connectivity index (χ2n) is 4.75. The number of H-pyrrole nitrogens is 2. The Morgan fingerprint density at radius 1 is 1.64 bits per heavy atom. The van der Waals surface area contributed by atoms with Gasteiger partial charge in [0.2, 0.25) is 0 Å². The number of nitrogens with one attached hydrogen (secondary N) is 2. The quantitative estimate of drug-likeness (QED) is 0.212. The summed E-state index contributed by atoms with van der Waals surface area (Å²) in [5.41, 5.74) is 6.20. The fourth-order valence-corrected chi connectivity index (χ4v) is 3.23. The molecule has 3 rings (SSSR count). The number of rotatable bonds is 3. The molecule has 11 nitrogen and oxygen atoms in total. The molecule has 0 spiro atoms. The summed E-state index contributed by atoms with van der Waals surface area (Å²) in [5, 5.41) is 13.7. The van der Waals surface area contributed by atoms with E-state index in [0.717, 1.165) is 0 Å². The molecular weight excluding hydrogens is 409 g/mol. The molecule has 1 fully saturated rings. The smallest absolute Gasteiger partial charge is 0.327 e. The van der Waals surface area contributed by atoms with Gasteiger partial charge in [0.25, 0.3) is 5.56 Å². The average Bonchev–Trinajstić information content (AvgIpc) is 3.02. The van der Waals surface area contributed by atoms with E-state index in [1.54, 1.807) is 0 Å². The molecule has 3 N–H and O–H groups in total. The fraction of sp³-hybridized carbons (Fsp3) is 0.500. The minimum absolute atomic E-state index is 0.0495. The SMILES string of the molecule is [N-]=[N+]=N[C@]1(CI)O[C@H](n2cnc3c(=O)[nH]c(=O)[nH]c32)C[C@@H]1O. The summed E-state index contributed by atoms with van der Waals surface area (Å²) in [7, 11) is 0. The monoisotopic (exact) mass is 419 g/mol. The Morgan fingerprint density at radius 3 is 3.09 bits per heavy atom. The van der Waals surface area contributed by atoms with Crippen molar-refractivity contribution in [2.24, 2.45) is 5.11 Å². The number of aliphatic hydroxyl groups is 1. The van der Waals surface area contributed by atoms with Crippen LogP contribution in [-0.4, -0.2) is 40.9 Å². The topological polar surface area (TPSA) is 162 Å². The number of halogens is 1. The minimum Gasteiger partial charge on any atom is -0.390 e. The van der Waals surface area contributed by atoms with Crippen LogP contribution in [0.5, 0.6) is 0 Å². The molecule has 0 radical (unpaired) electrons. The fourth-order valence-electron chi connectivity index (χ4n) is 2.39. The highest BCUT2D eigenvalue weighted by atomic mass is 127. The molecule has 1 aliphatic rings. The Morgan fingerprint density at radius 2 is 2.41 bits per heavy atom. The van der Waals surface area contributed by atoms with Crippen LogP contribution in [0.1, 0.15) is 12.6 Å². The first-order valence-corrected chi connectivity index (χ1v) is 7.70. The van der Waals surface area contributed by atoms with Crippen LogP contribution in [-0.2, 0) is 4.74 Å². The van der Waals surface area contributed by atoms with E-state index in [2.05, 4.69) is 25.0 Å². The molecule has 0 bridgehead atoms. The van der Waals surface area contributed by atoms with E-state index in [4.69, 9.17) is 10.3 Å². The Labute approximate surface area is 135 Å². The van der Waals surface area contributed by atoms with E-state index < -0.39 is 29.3 Å². The van der Waals surface area contributed by atoms with Gasteiger partial charge in [0.15, 0.2) is 11.2 Å². The highest BCUT2D eigenvalue weighted by Crippen LogP contribution is 2.39. The van der Waals surface area contributed by atoms with Crippen LogP contribution in [0.3, 0.4) is 0 Å². The van der Waals surface area contributed by atoms with Crippen LogP contribution >= 0.6 is 22.6 Å². The van der Waals surface area contributed by atoms with Crippen molar-refractivity contribution in [2.75, 3.05) is 4.43 Å². The molecule has 0 aliphatic carbocycles. The second-order valence-corrected chi connectivity index (χ2v) is 5.51. The lowest BCUT2D eigenvalue weighted by Gasteiger charge is -2.24. The lowest BCUT2D eigenvalue weighted by molar-refractivity contribution is -0.0795. The summed E-state index contributed by atoms with van der Waals surface area (Å²) in [6, 6.07) is 0. The standard InChI is InChI=1S/C10H10IN7O4/c11-2-10(16-17-12)4(19)1-5(22-10)18-3-13-6-7(18)14-9(21)15-8(6)20/h3-5,19H,1-2H2,(H2,14,15,20,21)/t4-,5-,10+/m0/s1. The molecule has 22 heavy (non-hydrogen) atoms. The predicted molar refractivity (Wildman–Crippen MR) is 82.5 cm³/mol. The van der Waals surface area contributed by atoms with Gasteiger partial charge in [0.1, 0.15) is 11.9 Å². The minimum atomic E-state index is -1.39. The van der Waals surface area contributed by atoms with E-state index in [1.807, 2.05) is 22.6 Å². The number of hydrogen-bond donors (Lipinski definition) is 3. The largest absolute Gasteiger partial charge is 0.390 e. The molecule has 2 aromatic rings. The van der Waals surface area contributed by atoms with E-state index in [1.165, 1.54) is 10.9 Å². The summed E-state index contributed by atoms with van der Waals surface area (Å²) in [6.07, 6.45) is -0.288. The van der Waals surface area contributed by atoms with Gasteiger partial charge < -0.3 is 9.84 Å². The summed E-state index contributed by atoms with van der Waals surface area (Å²) in [6.45, 7) is 0. The van der Waals surface area contributed by atoms with E-state index in [-0.39, 0.29) is 22.0 Å². The van der Waals surface area contributed by atoms with Gasteiger partial charge in [0.05, 0.1) is 12.4 Å². The molecule has 2 aromatic heterocycles. The maximum Gasteiger partial charge on any atom is 0.327 e. The lowest BCUT2D eigenvalue weighted by Crippen LogP contribution is -2.38. The Hall–Kier alpha value is -1.89. The predicted octanol–water partition coefficient (Wildman–Crippen LogP) is 0.134. The summed E-state index contributed by atoms with van der Waals surface area (Å²) < 4.78 is 7.37. The van der Waals surface area contributed by atoms with Crippen molar-refractivity contribution in [3.8, 4) is 0 Å². The third kappa shape index (κ3) is 2.20. The van der Waals surface area contributed by atoms with Gasteiger partial charge in [-0.25, -0.2) is 9.78 Å². The van der Waals surface area contributed by atoms with Crippen LogP contribution < -0.4 is 11.2 Å². The number of azide groups is 1. The first-order chi connectivity index (χ1) is 10.5. The molecular formula is C10H10IN7O4. The van der Waals surface area contributed by atoms with Gasteiger partial charge in [-0.3, -0.25) is 19.3 Å². The summed E-state index contributed by atoms with van der Waals surface area (Å²) in [4.78, 5) is 34.3. The van der Waals surface area contributed by atoms with Crippen molar-refractivity contribution in [1.82, 2.24) is 19.5 Å². The van der Waals surface area contributed by atoms with Crippen molar-refractivity contribution in [3.63, 3.8) is 0 Å². The third-order valence-corrected chi connectivity index (χ3v) is 4.56. The molecule has 0 amide bonds. The molecule has 3 heterocycles. The van der Waals surface area contributed by atoms with Crippen molar-refractivity contribution in [1.29, 1.82) is 0 Å². The van der Waals surface area contributed by atoms with Crippen molar-refractivity contribution in [3.05, 3.63) is 37.6 Å². The van der Waals surface area contributed by atoms with Gasteiger partial charge in [-0.2, -0.15) is 0 Å². The Bertz CT molecular complexity index is 881. The van der Waals surface area contributed by atoms with Crippen LogP contribution in [0.4, 0.5) is 0 Å². The first-order valence-electron chi connectivity index (χ1n) is 6.18. The third-order valence-electron chi connectivity index (χ3n) is 3.47. The lowest BCUT2D eigenvalue weighted by atomic mass is 10.1. The Balaban J connectivity index is 2.09. The maximum atomic E-state index is 11.7. The molecule has 0 aromatic carbocycles. The highest BCUT2D eigenvalue weighted by molar-refractivity contribution is 14.1. The molecule has 116 valence electrons. The molecule has 3 atom stereocenters. The van der Waals surface area contributed by atoms with Gasteiger partial charge in [-0.1, -0.05) is 27.7 Å². The normalized spacial score (nSPS) is 27.9. The van der Waals surface area contributed by atoms with Gasteiger partial charge >= 0.3 is 5.69 Å². The first kappa shape index (κ1) is 15.0. The molecule has 1 saturated heterocycles. The second kappa shape index (κ2) is 5.39. The number of aromatic amines is 2. The zero-order valence-electron chi connectivity index (χ0n) is 10.9. The number of imidazole rings is 1. The number of nitrogens with zero attached hydrogens (tertiary/aromatic N) is 5. The number of aromatic nitrogens is 4. The average molecular weight is 419 g/mol. The van der Waals surface area contributed by atoms with Crippen LogP contribution in [0.2, 0.25) is 0 Å². The number of ether oxygens (including phenoxy) is 1. The molecule has 12 heteroatoms. The van der Waals surface area contributed by atoms with Gasteiger partial charge in [0, 0.05) is 15.8 Å². The molecule has 1 aliphatic heterocycles. The highest BCUT2D eigenvalue weighted by Gasteiger charge is 2.48. The maximum absolute atomic E-state index is 11.7. The zero-order chi connectivity index (χ0) is 15.9. The van der Waals surface area contributed by atoms with Gasteiger partial charge in [-0.15, -0.1) is 0 Å². The van der Waals surface area contributed by atoms with E-state index in [9.17, 15) is 14.7 Å². The van der Waals surface area contributed by atoms with Crippen LogP contribution in [0.15, 0.2) is 21.0 Å². The molecule has 0 unspecified atom stereocenters.